The number of nitrogens with one attached hydrogen (secondary N) is 2. The fourth-order valence-electron chi connectivity index (χ4n) is 1.20. The summed E-state index contributed by atoms with van der Waals surface area (Å²) in [6.07, 6.45) is 0.191. The van der Waals surface area contributed by atoms with E-state index in [-0.39, 0.29) is 29.7 Å². The van der Waals surface area contributed by atoms with Crippen molar-refractivity contribution in [3.8, 4) is 0 Å². The van der Waals surface area contributed by atoms with Crippen LogP contribution in [0.1, 0.15) is 16.9 Å². The van der Waals surface area contributed by atoms with E-state index in [1.54, 1.807) is 7.11 Å². The van der Waals surface area contributed by atoms with Gasteiger partial charge in [-0.3, -0.25) is 9.59 Å². The molecular weight excluding hydrogens is 272 g/mol. The predicted molar refractivity (Wildman–Crippen MR) is 68.9 cm³/mol. The third-order valence-corrected chi connectivity index (χ3v) is 2.33. The second-order valence-electron chi connectivity index (χ2n) is 3.59. The summed E-state index contributed by atoms with van der Waals surface area (Å²) in [7, 11) is 1.56. The van der Waals surface area contributed by atoms with Gasteiger partial charge < -0.3 is 15.4 Å². The van der Waals surface area contributed by atoms with Crippen LogP contribution in [0.4, 0.5) is 0 Å². The van der Waals surface area contributed by atoms with Gasteiger partial charge in [0.05, 0.1) is 6.61 Å². The van der Waals surface area contributed by atoms with E-state index >= 15 is 0 Å². The van der Waals surface area contributed by atoms with E-state index in [1.165, 1.54) is 12.1 Å². The molecule has 0 radical (unpaired) electrons. The number of carbonyl (C=O) groups is 2. The van der Waals surface area contributed by atoms with E-state index in [0.29, 0.717) is 13.2 Å². The molecule has 0 aliphatic rings. The summed E-state index contributed by atoms with van der Waals surface area (Å²) >= 11 is 5.55. The van der Waals surface area contributed by atoms with Crippen molar-refractivity contribution in [1.82, 2.24) is 20.8 Å². The van der Waals surface area contributed by atoms with Crippen molar-refractivity contribution in [3.05, 3.63) is 23.0 Å². The van der Waals surface area contributed by atoms with Gasteiger partial charge in [0.25, 0.3) is 5.91 Å². The lowest BCUT2D eigenvalue weighted by molar-refractivity contribution is -0.121. The van der Waals surface area contributed by atoms with Crippen LogP contribution in [-0.2, 0) is 9.53 Å². The molecular formula is C11H15ClN4O3. The molecule has 1 rings (SSSR count). The van der Waals surface area contributed by atoms with Gasteiger partial charge in [-0.1, -0.05) is 11.6 Å². The summed E-state index contributed by atoms with van der Waals surface area (Å²) in [5, 5.41) is 12.6. The zero-order valence-electron chi connectivity index (χ0n) is 10.5. The predicted octanol–water partition coefficient (Wildman–Crippen LogP) is 0.0125. The van der Waals surface area contributed by atoms with E-state index in [9.17, 15) is 9.59 Å². The van der Waals surface area contributed by atoms with Gasteiger partial charge in [0.1, 0.15) is 0 Å². The van der Waals surface area contributed by atoms with Crippen molar-refractivity contribution < 1.29 is 14.3 Å². The SMILES string of the molecule is COCCNC(=O)CCNC(=O)c1ccc(Cl)nn1. The molecule has 0 saturated carbocycles. The van der Waals surface area contributed by atoms with Gasteiger partial charge in [-0.25, -0.2) is 0 Å². The third kappa shape index (κ3) is 6.12. The maximum atomic E-state index is 11.6. The number of ether oxygens (including phenoxy) is 1. The topological polar surface area (TPSA) is 93.2 Å². The smallest absolute Gasteiger partial charge is 0.271 e. The zero-order valence-corrected chi connectivity index (χ0v) is 11.2. The Kier molecular flexibility index (Phi) is 6.76. The van der Waals surface area contributed by atoms with Crippen molar-refractivity contribution in [1.29, 1.82) is 0 Å². The second kappa shape index (κ2) is 8.39. The Labute approximate surface area is 115 Å². The Balaban J connectivity index is 2.23. The van der Waals surface area contributed by atoms with E-state index in [0.717, 1.165) is 0 Å². The number of rotatable bonds is 7. The monoisotopic (exact) mass is 286 g/mol. The van der Waals surface area contributed by atoms with Crippen LogP contribution in [0, 0.1) is 0 Å². The van der Waals surface area contributed by atoms with Crippen molar-refractivity contribution in [2.24, 2.45) is 0 Å². The molecule has 7 nitrogen and oxygen atoms in total. The number of hydrogen-bond donors (Lipinski definition) is 2. The largest absolute Gasteiger partial charge is 0.383 e. The Bertz CT molecular complexity index is 424. The molecule has 1 aromatic rings. The average molecular weight is 287 g/mol. The Morgan fingerprint density at radius 1 is 1.26 bits per heavy atom. The van der Waals surface area contributed by atoms with Crippen molar-refractivity contribution >= 4 is 23.4 Å². The van der Waals surface area contributed by atoms with Crippen LogP contribution in [0.25, 0.3) is 0 Å². The molecule has 0 bridgehead atoms. The number of halogens is 1. The average Bonchev–Trinajstić information content (AvgIpc) is 2.39. The van der Waals surface area contributed by atoms with Gasteiger partial charge >= 0.3 is 0 Å². The van der Waals surface area contributed by atoms with Gasteiger partial charge in [0.15, 0.2) is 10.8 Å². The van der Waals surface area contributed by atoms with Crippen LogP contribution in [0.2, 0.25) is 5.15 Å². The highest BCUT2D eigenvalue weighted by atomic mass is 35.5. The molecule has 0 spiro atoms. The molecule has 2 amide bonds. The molecule has 0 aliphatic heterocycles. The van der Waals surface area contributed by atoms with Crippen LogP contribution < -0.4 is 10.6 Å². The van der Waals surface area contributed by atoms with Gasteiger partial charge in [-0.15, -0.1) is 10.2 Å². The normalized spacial score (nSPS) is 10.0. The highest BCUT2D eigenvalue weighted by molar-refractivity contribution is 6.29. The van der Waals surface area contributed by atoms with Gasteiger partial charge in [-0.05, 0) is 12.1 Å². The molecule has 8 heteroatoms. The molecule has 1 aromatic heterocycles. The molecule has 0 atom stereocenters. The summed E-state index contributed by atoms with van der Waals surface area (Å²) in [4.78, 5) is 22.9. The minimum atomic E-state index is -0.395. The molecule has 0 saturated heterocycles. The van der Waals surface area contributed by atoms with Gasteiger partial charge in [-0.2, -0.15) is 0 Å². The maximum absolute atomic E-state index is 11.6. The van der Waals surface area contributed by atoms with Crippen LogP contribution in [0.3, 0.4) is 0 Å². The van der Waals surface area contributed by atoms with E-state index < -0.39 is 5.91 Å². The van der Waals surface area contributed by atoms with E-state index in [4.69, 9.17) is 16.3 Å². The van der Waals surface area contributed by atoms with Crippen LogP contribution in [-0.4, -0.2) is 48.8 Å². The Hall–Kier alpha value is -1.73. The summed E-state index contributed by atoms with van der Waals surface area (Å²) in [6.45, 7) is 1.13. The molecule has 0 unspecified atom stereocenters. The lowest BCUT2D eigenvalue weighted by Crippen LogP contribution is -2.32. The first-order chi connectivity index (χ1) is 9.13. The highest BCUT2D eigenvalue weighted by Gasteiger charge is 2.08. The maximum Gasteiger partial charge on any atom is 0.271 e. The first-order valence-corrected chi connectivity index (χ1v) is 6.04. The van der Waals surface area contributed by atoms with Crippen molar-refractivity contribution in [2.45, 2.75) is 6.42 Å². The Morgan fingerprint density at radius 2 is 2.05 bits per heavy atom. The number of nitrogens with zero attached hydrogens (tertiary/aromatic N) is 2. The summed E-state index contributed by atoms with van der Waals surface area (Å²) in [5.41, 5.74) is 0.157. The lowest BCUT2D eigenvalue weighted by Gasteiger charge is -2.05. The summed E-state index contributed by atoms with van der Waals surface area (Å²) in [5.74, 6) is -0.548. The summed E-state index contributed by atoms with van der Waals surface area (Å²) in [6, 6.07) is 2.93. The Morgan fingerprint density at radius 3 is 2.68 bits per heavy atom. The van der Waals surface area contributed by atoms with Crippen LogP contribution in [0.15, 0.2) is 12.1 Å². The minimum Gasteiger partial charge on any atom is -0.383 e. The molecule has 1 heterocycles. The molecule has 2 N–H and O–H groups in total. The molecule has 0 aromatic carbocycles. The second-order valence-corrected chi connectivity index (χ2v) is 3.98. The van der Waals surface area contributed by atoms with Crippen molar-refractivity contribution in [2.75, 3.05) is 26.8 Å². The molecule has 19 heavy (non-hydrogen) atoms. The molecule has 0 aliphatic carbocycles. The number of carbonyl (C=O) groups excluding carboxylic acids is 2. The minimum absolute atomic E-state index is 0.153. The van der Waals surface area contributed by atoms with Gasteiger partial charge in [0.2, 0.25) is 5.91 Å². The number of aromatic nitrogens is 2. The standard InChI is InChI=1S/C11H15ClN4O3/c1-19-7-6-13-10(17)4-5-14-11(18)8-2-3-9(12)16-15-8/h2-3H,4-7H2,1H3,(H,13,17)(H,14,18). The van der Waals surface area contributed by atoms with Crippen molar-refractivity contribution in [3.63, 3.8) is 0 Å². The fourth-order valence-corrected chi connectivity index (χ4v) is 1.30. The van der Waals surface area contributed by atoms with E-state index in [2.05, 4.69) is 20.8 Å². The van der Waals surface area contributed by atoms with Gasteiger partial charge in [0, 0.05) is 26.6 Å². The first-order valence-electron chi connectivity index (χ1n) is 5.66. The molecule has 0 fully saturated rings. The number of hydrogen-bond acceptors (Lipinski definition) is 5. The zero-order chi connectivity index (χ0) is 14.1. The third-order valence-electron chi connectivity index (χ3n) is 2.13. The quantitative estimate of drug-likeness (QED) is 0.689. The van der Waals surface area contributed by atoms with E-state index in [1.807, 2.05) is 0 Å². The lowest BCUT2D eigenvalue weighted by atomic mass is 10.3. The number of amides is 2. The first kappa shape index (κ1) is 15.3. The fraction of sp³-hybridized carbons (Fsp3) is 0.455. The molecule has 104 valence electrons. The summed E-state index contributed by atoms with van der Waals surface area (Å²) < 4.78 is 4.79. The number of methoxy groups -OCH3 is 1. The van der Waals surface area contributed by atoms with Crippen LogP contribution >= 0.6 is 11.6 Å². The van der Waals surface area contributed by atoms with Crippen LogP contribution in [0.5, 0.6) is 0 Å². The highest BCUT2D eigenvalue weighted by Crippen LogP contribution is 2.01.